The molecule has 24 heavy (non-hydrogen) atoms. The number of benzene rings is 1. The lowest BCUT2D eigenvalue weighted by molar-refractivity contribution is -0.143. The van der Waals surface area contributed by atoms with Crippen molar-refractivity contribution in [3.05, 3.63) is 41.5 Å². The average Bonchev–Trinajstić information content (AvgIpc) is 2.87. The Bertz CT molecular complexity index is 660. The van der Waals surface area contributed by atoms with Crippen molar-refractivity contribution in [2.24, 2.45) is 0 Å². The standard InChI is InChI=1S/C15H19F3N4O.ClH/c1-10(19-2)14-20-13(21-22(14)9-15(16,17)18)8-11-6-4-5-7-12(11)23-3;/h4-7,10,19H,8-9H2,1-3H3;1H/t10-;/m0./s1. The SMILES string of the molecule is CN[C@@H](C)c1nc(Cc2ccccc2OC)nn1CC(F)(F)F.Cl. The minimum absolute atomic E-state index is 0. The van der Waals surface area contributed by atoms with Gasteiger partial charge in [0.2, 0.25) is 0 Å². The molecule has 0 aliphatic heterocycles. The molecule has 0 unspecified atom stereocenters. The fraction of sp³-hybridized carbons (Fsp3) is 0.467. The smallest absolute Gasteiger partial charge is 0.408 e. The van der Waals surface area contributed by atoms with Crippen LogP contribution in [-0.2, 0) is 13.0 Å². The van der Waals surface area contributed by atoms with Gasteiger partial charge in [0, 0.05) is 12.0 Å². The van der Waals surface area contributed by atoms with Gasteiger partial charge in [-0.15, -0.1) is 12.4 Å². The van der Waals surface area contributed by atoms with Crippen LogP contribution in [0.25, 0.3) is 0 Å². The normalized spacial score (nSPS) is 12.6. The van der Waals surface area contributed by atoms with Gasteiger partial charge in [0.1, 0.15) is 18.1 Å². The minimum Gasteiger partial charge on any atom is -0.496 e. The highest BCUT2D eigenvalue weighted by Gasteiger charge is 2.31. The number of alkyl halides is 3. The van der Waals surface area contributed by atoms with Crippen LogP contribution in [0.5, 0.6) is 5.75 Å². The molecule has 0 spiro atoms. The Hall–Kier alpha value is -1.80. The fourth-order valence-corrected chi connectivity index (χ4v) is 2.23. The molecule has 0 aliphatic rings. The summed E-state index contributed by atoms with van der Waals surface area (Å²) >= 11 is 0. The van der Waals surface area contributed by atoms with Gasteiger partial charge < -0.3 is 10.1 Å². The predicted molar refractivity (Wildman–Crippen MR) is 86.6 cm³/mol. The van der Waals surface area contributed by atoms with Gasteiger partial charge in [-0.2, -0.15) is 18.3 Å². The van der Waals surface area contributed by atoms with Gasteiger partial charge in [0.15, 0.2) is 5.82 Å². The first-order valence-electron chi connectivity index (χ1n) is 7.13. The van der Waals surface area contributed by atoms with Crippen molar-refractivity contribution >= 4 is 12.4 Å². The van der Waals surface area contributed by atoms with Crippen molar-refractivity contribution in [1.29, 1.82) is 0 Å². The lowest BCUT2D eigenvalue weighted by Gasteiger charge is -2.12. The molecule has 1 atom stereocenters. The van der Waals surface area contributed by atoms with Crippen molar-refractivity contribution < 1.29 is 17.9 Å². The van der Waals surface area contributed by atoms with Crippen molar-refractivity contribution in [3.8, 4) is 5.75 Å². The van der Waals surface area contributed by atoms with E-state index in [0.717, 1.165) is 10.2 Å². The van der Waals surface area contributed by atoms with E-state index in [4.69, 9.17) is 4.74 Å². The van der Waals surface area contributed by atoms with Crippen molar-refractivity contribution in [2.45, 2.75) is 32.1 Å². The van der Waals surface area contributed by atoms with E-state index in [1.54, 1.807) is 27.1 Å². The number of hydrogen-bond acceptors (Lipinski definition) is 4. The molecule has 0 saturated carbocycles. The molecule has 1 aromatic carbocycles. The molecule has 2 rings (SSSR count). The fourth-order valence-electron chi connectivity index (χ4n) is 2.23. The van der Waals surface area contributed by atoms with Gasteiger partial charge in [0.05, 0.1) is 13.2 Å². The first-order chi connectivity index (χ1) is 10.8. The zero-order valence-electron chi connectivity index (χ0n) is 13.6. The Balaban J connectivity index is 0.00000288. The summed E-state index contributed by atoms with van der Waals surface area (Å²) in [6.45, 7) is 0.580. The maximum Gasteiger partial charge on any atom is 0.408 e. The maximum atomic E-state index is 12.7. The first-order valence-corrected chi connectivity index (χ1v) is 7.13. The van der Waals surface area contributed by atoms with Crippen molar-refractivity contribution in [1.82, 2.24) is 20.1 Å². The van der Waals surface area contributed by atoms with E-state index in [1.807, 2.05) is 18.2 Å². The summed E-state index contributed by atoms with van der Waals surface area (Å²) in [5, 5.41) is 6.92. The zero-order valence-corrected chi connectivity index (χ0v) is 14.4. The van der Waals surface area contributed by atoms with Crippen LogP contribution in [0.3, 0.4) is 0 Å². The Labute approximate surface area is 144 Å². The molecule has 134 valence electrons. The topological polar surface area (TPSA) is 52.0 Å². The molecular formula is C15H20ClF3N4O. The third-order valence-corrected chi connectivity index (χ3v) is 3.43. The lowest BCUT2D eigenvalue weighted by atomic mass is 10.1. The summed E-state index contributed by atoms with van der Waals surface area (Å²) in [5.74, 6) is 1.24. The summed E-state index contributed by atoms with van der Waals surface area (Å²) in [6, 6.07) is 6.95. The molecule has 1 N–H and O–H groups in total. The first kappa shape index (κ1) is 20.2. The zero-order chi connectivity index (χ0) is 17.0. The third kappa shape index (κ3) is 5.10. The Morgan fingerprint density at radius 3 is 2.54 bits per heavy atom. The highest BCUT2D eigenvalue weighted by molar-refractivity contribution is 5.85. The number of halogens is 4. The number of nitrogens with zero attached hydrogens (tertiary/aromatic N) is 3. The van der Waals surface area contributed by atoms with Crippen LogP contribution in [0, 0.1) is 0 Å². The van der Waals surface area contributed by atoms with Gasteiger partial charge >= 0.3 is 6.18 Å². The van der Waals surface area contributed by atoms with E-state index in [0.29, 0.717) is 18.0 Å². The molecule has 2 aromatic rings. The number of rotatable bonds is 6. The second-order valence-electron chi connectivity index (χ2n) is 5.16. The van der Waals surface area contributed by atoms with E-state index in [2.05, 4.69) is 15.4 Å². The Morgan fingerprint density at radius 1 is 1.29 bits per heavy atom. The quantitative estimate of drug-likeness (QED) is 0.855. The minimum atomic E-state index is -4.35. The second kappa shape index (κ2) is 8.34. The summed E-state index contributed by atoms with van der Waals surface area (Å²) in [7, 11) is 3.21. The number of nitrogens with one attached hydrogen (secondary N) is 1. The summed E-state index contributed by atoms with van der Waals surface area (Å²) < 4.78 is 44.3. The van der Waals surface area contributed by atoms with Gasteiger partial charge in [0.25, 0.3) is 0 Å². The summed E-state index contributed by atoms with van der Waals surface area (Å²) in [5.41, 5.74) is 0.822. The number of hydrogen-bond donors (Lipinski definition) is 1. The lowest BCUT2D eigenvalue weighted by Crippen LogP contribution is -2.24. The van der Waals surface area contributed by atoms with Gasteiger partial charge in [-0.3, -0.25) is 0 Å². The van der Waals surface area contributed by atoms with Crippen LogP contribution >= 0.6 is 12.4 Å². The van der Waals surface area contributed by atoms with Crippen LogP contribution in [0.1, 0.15) is 30.2 Å². The number of para-hydroxylation sites is 1. The van der Waals surface area contributed by atoms with E-state index < -0.39 is 12.7 Å². The highest BCUT2D eigenvalue weighted by atomic mass is 35.5. The van der Waals surface area contributed by atoms with Gasteiger partial charge in [-0.05, 0) is 20.0 Å². The molecule has 0 bridgehead atoms. The third-order valence-electron chi connectivity index (χ3n) is 3.43. The number of methoxy groups -OCH3 is 1. The van der Waals surface area contributed by atoms with Gasteiger partial charge in [-0.25, -0.2) is 9.67 Å². The number of aromatic nitrogens is 3. The maximum absolute atomic E-state index is 12.7. The molecule has 9 heteroatoms. The van der Waals surface area contributed by atoms with E-state index in [1.165, 1.54) is 0 Å². The second-order valence-corrected chi connectivity index (χ2v) is 5.16. The highest BCUT2D eigenvalue weighted by Crippen LogP contribution is 2.23. The molecule has 1 aromatic heterocycles. The van der Waals surface area contributed by atoms with Gasteiger partial charge in [-0.1, -0.05) is 18.2 Å². The molecular weight excluding hydrogens is 345 g/mol. The van der Waals surface area contributed by atoms with E-state index in [9.17, 15) is 13.2 Å². The molecule has 0 aliphatic carbocycles. The van der Waals surface area contributed by atoms with Crippen LogP contribution in [-0.4, -0.2) is 35.1 Å². The van der Waals surface area contributed by atoms with Crippen molar-refractivity contribution in [3.63, 3.8) is 0 Å². The Kier molecular flexibility index (Phi) is 7.04. The Morgan fingerprint density at radius 2 is 1.96 bits per heavy atom. The molecule has 0 fully saturated rings. The molecule has 0 radical (unpaired) electrons. The van der Waals surface area contributed by atoms with Crippen LogP contribution in [0.4, 0.5) is 13.2 Å². The molecule has 0 saturated heterocycles. The van der Waals surface area contributed by atoms with E-state index >= 15 is 0 Å². The molecule has 0 amide bonds. The van der Waals surface area contributed by atoms with Crippen molar-refractivity contribution in [2.75, 3.05) is 14.2 Å². The van der Waals surface area contributed by atoms with E-state index in [-0.39, 0.29) is 24.3 Å². The van der Waals surface area contributed by atoms with Crippen LogP contribution in [0.2, 0.25) is 0 Å². The monoisotopic (exact) mass is 364 g/mol. The summed E-state index contributed by atoms with van der Waals surface area (Å²) in [6.07, 6.45) is -4.05. The van der Waals surface area contributed by atoms with Crippen LogP contribution in [0.15, 0.2) is 24.3 Å². The molecule has 1 heterocycles. The number of ether oxygens (including phenoxy) is 1. The molecule has 5 nitrogen and oxygen atoms in total. The average molecular weight is 365 g/mol. The van der Waals surface area contributed by atoms with Crippen LogP contribution < -0.4 is 10.1 Å². The predicted octanol–water partition coefficient (Wildman–Crippen LogP) is 3.14. The largest absolute Gasteiger partial charge is 0.496 e. The summed E-state index contributed by atoms with van der Waals surface area (Å²) in [4.78, 5) is 4.27.